The van der Waals surface area contributed by atoms with Crippen molar-refractivity contribution in [3.05, 3.63) is 80.9 Å². The van der Waals surface area contributed by atoms with Gasteiger partial charge in [0.25, 0.3) is 5.91 Å². The number of amides is 1. The molecule has 1 aliphatic heterocycles. The second-order valence-electron chi connectivity index (χ2n) is 6.20. The van der Waals surface area contributed by atoms with Crippen molar-refractivity contribution in [3.63, 3.8) is 0 Å². The first-order chi connectivity index (χ1) is 14.3. The van der Waals surface area contributed by atoms with Crippen LogP contribution in [-0.2, 0) is 4.79 Å². The number of hydrogen-bond acceptors (Lipinski definition) is 5. The van der Waals surface area contributed by atoms with Crippen LogP contribution in [0.1, 0.15) is 16.1 Å². The summed E-state index contributed by atoms with van der Waals surface area (Å²) in [6.45, 7) is 0. The molecule has 0 bridgehead atoms. The van der Waals surface area contributed by atoms with E-state index in [1.807, 2.05) is 0 Å². The fourth-order valence-electron chi connectivity index (χ4n) is 2.86. The predicted molar refractivity (Wildman–Crippen MR) is 123 cm³/mol. The van der Waals surface area contributed by atoms with Crippen LogP contribution in [-0.4, -0.2) is 21.3 Å². The van der Waals surface area contributed by atoms with Crippen molar-refractivity contribution < 1.29 is 19.1 Å². The standard InChI is InChI=1S/C21H11Cl2NO4S2/c22-12-2-1-3-13(9-12)24-19(25)18(30-21(24)29)10-14-5-7-17(28-14)11-4-6-16(23)15(8-11)20(26)27/h1-10H,(H,26,27)/b18-10+. The maximum Gasteiger partial charge on any atom is 0.337 e. The number of carboxylic acids is 1. The van der Waals surface area contributed by atoms with E-state index in [-0.39, 0.29) is 16.5 Å². The van der Waals surface area contributed by atoms with Gasteiger partial charge in [-0.1, -0.05) is 53.2 Å². The van der Waals surface area contributed by atoms with Crippen molar-refractivity contribution in [1.29, 1.82) is 0 Å². The largest absolute Gasteiger partial charge is 0.478 e. The Morgan fingerprint density at radius 2 is 1.93 bits per heavy atom. The van der Waals surface area contributed by atoms with Crippen LogP contribution in [0.2, 0.25) is 10.0 Å². The van der Waals surface area contributed by atoms with Crippen LogP contribution in [0.4, 0.5) is 5.69 Å². The van der Waals surface area contributed by atoms with Crippen molar-refractivity contribution in [2.75, 3.05) is 4.90 Å². The Balaban J connectivity index is 1.62. The molecule has 0 atom stereocenters. The first kappa shape index (κ1) is 20.7. The Morgan fingerprint density at radius 3 is 2.67 bits per heavy atom. The summed E-state index contributed by atoms with van der Waals surface area (Å²) in [7, 11) is 0. The molecule has 0 radical (unpaired) electrons. The molecule has 2 heterocycles. The van der Waals surface area contributed by atoms with Gasteiger partial charge in [-0.25, -0.2) is 4.79 Å². The van der Waals surface area contributed by atoms with Crippen LogP contribution in [0.15, 0.2) is 63.9 Å². The van der Waals surface area contributed by atoms with Crippen molar-refractivity contribution >= 4 is 75.1 Å². The molecule has 0 unspecified atom stereocenters. The quantitative estimate of drug-likeness (QED) is 0.349. The molecular weight excluding hydrogens is 465 g/mol. The number of rotatable bonds is 4. The van der Waals surface area contributed by atoms with Crippen LogP contribution < -0.4 is 4.90 Å². The maximum atomic E-state index is 12.9. The normalized spacial score (nSPS) is 15.3. The molecule has 1 saturated heterocycles. The average Bonchev–Trinajstić information content (AvgIpc) is 3.26. The Labute approximate surface area is 190 Å². The van der Waals surface area contributed by atoms with Crippen LogP contribution in [0.3, 0.4) is 0 Å². The Kier molecular flexibility index (Phi) is 5.71. The zero-order chi connectivity index (χ0) is 21.4. The molecule has 0 aliphatic carbocycles. The molecule has 0 spiro atoms. The number of carboxylic acid groups (broad SMARTS) is 1. The molecule has 1 fully saturated rings. The number of carbonyl (C=O) groups excluding carboxylic acids is 1. The van der Waals surface area contributed by atoms with Crippen LogP contribution in [0, 0.1) is 0 Å². The van der Waals surface area contributed by atoms with E-state index >= 15 is 0 Å². The zero-order valence-electron chi connectivity index (χ0n) is 15.0. The van der Waals surface area contributed by atoms with Crippen molar-refractivity contribution in [1.82, 2.24) is 0 Å². The first-order valence-electron chi connectivity index (χ1n) is 8.50. The van der Waals surface area contributed by atoms with Gasteiger partial charge in [-0.05, 0) is 48.5 Å². The molecule has 2 aromatic carbocycles. The highest BCUT2D eigenvalue weighted by Gasteiger charge is 2.33. The SMILES string of the molecule is O=C(O)c1cc(-c2ccc(/C=C3/SC(=S)N(c4cccc(Cl)c4)C3=O)o2)ccc1Cl. The van der Waals surface area contributed by atoms with Gasteiger partial charge in [-0.2, -0.15) is 0 Å². The highest BCUT2D eigenvalue weighted by Crippen LogP contribution is 2.37. The summed E-state index contributed by atoms with van der Waals surface area (Å²) in [5, 5.41) is 9.88. The van der Waals surface area contributed by atoms with Gasteiger partial charge in [0.1, 0.15) is 11.5 Å². The van der Waals surface area contributed by atoms with Gasteiger partial charge in [0.2, 0.25) is 0 Å². The van der Waals surface area contributed by atoms with Gasteiger partial charge in [-0.15, -0.1) is 0 Å². The fourth-order valence-corrected chi connectivity index (χ4v) is 4.52. The third-order valence-electron chi connectivity index (χ3n) is 4.24. The van der Waals surface area contributed by atoms with Gasteiger partial charge < -0.3 is 9.52 Å². The molecule has 1 aliphatic rings. The third-order valence-corrected chi connectivity index (χ3v) is 6.11. The number of hydrogen-bond donors (Lipinski definition) is 1. The second-order valence-corrected chi connectivity index (χ2v) is 8.72. The van der Waals surface area contributed by atoms with E-state index in [2.05, 4.69) is 0 Å². The monoisotopic (exact) mass is 475 g/mol. The molecule has 1 aromatic heterocycles. The minimum absolute atomic E-state index is 0.0190. The number of thioether (sulfide) groups is 1. The van der Waals surface area contributed by atoms with Gasteiger partial charge in [0.15, 0.2) is 4.32 Å². The van der Waals surface area contributed by atoms with E-state index in [4.69, 9.17) is 39.8 Å². The second kappa shape index (κ2) is 8.28. The summed E-state index contributed by atoms with van der Waals surface area (Å²) < 4.78 is 6.18. The lowest BCUT2D eigenvalue weighted by atomic mass is 10.1. The van der Waals surface area contributed by atoms with E-state index in [1.165, 1.54) is 17.0 Å². The Bertz CT molecular complexity index is 1240. The smallest absolute Gasteiger partial charge is 0.337 e. The lowest BCUT2D eigenvalue weighted by molar-refractivity contribution is -0.113. The summed E-state index contributed by atoms with van der Waals surface area (Å²) in [5.41, 5.74) is 1.13. The minimum atomic E-state index is -1.13. The van der Waals surface area contributed by atoms with E-state index in [1.54, 1.807) is 48.5 Å². The highest BCUT2D eigenvalue weighted by molar-refractivity contribution is 8.27. The lowest BCUT2D eigenvalue weighted by Gasteiger charge is -2.14. The molecule has 9 heteroatoms. The summed E-state index contributed by atoms with van der Waals surface area (Å²) >= 11 is 18.5. The van der Waals surface area contributed by atoms with Crippen molar-refractivity contribution in [3.8, 4) is 11.3 Å². The van der Waals surface area contributed by atoms with Crippen LogP contribution >= 0.6 is 47.2 Å². The Morgan fingerprint density at radius 1 is 1.13 bits per heavy atom. The van der Waals surface area contributed by atoms with E-state index in [0.717, 1.165) is 11.8 Å². The number of nitrogens with zero attached hydrogens (tertiary/aromatic N) is 1. The molecule has 1 amide bonds. The predicted octanol–water partition coefficient (Wildman–Crippen LogP) is 6.36. The first-order valence-corrected chi connectivity index (χ1v) is 10.5. The number of aromatic carboxylic acids is 1. The number of furan rings is 1. The maximum absolute atomic E-state index is 12.9. The van der Waals surface area contributed by atoms with Crippen LogP contribution in [0.25, 0.3) is 17.4 Å². The molecule has 150 valence electrons. The number of anilines is 1. The molecule has 4 rings (SSSR count). The number of carbonyl (C=O) groups is 2. The summed E-state index contributed by atoms with van der Waals surface area (Å²) in [6.07, 6.45) is 1.60. The van der Waals surface area contributed by atoms with E-state index in [0.29, 0.717) is 37.0 Å². The third kappa shape index (κ3) is 4.02. The fraction of sp³-hybridized carbons (Fsp3) is 0. The highest BCUT2D eigenvalue weighted by atomic mass is 35.5. The van der Waals surface area contributed by atoms with Gasteiger partial charge in [-0.3, -0.25) is 9.69 Å². The van der Waals surface area contributed by atoms with E-state index < -0.39 is 5.97 Å². The van der Waals surface area contributed by atoms with Crippen molar-refractivity contribution in [2.45, 2.75) is 0 Å². The van der Waals surface area contributed by atoms with E-state index in [9.17, 15) is 14.7 Å². The van der Waals surface area contributed by atoms with Gasteiger partial charge >= 0.3 is 5.97 Å². The van der Waals surface area contributed by atoms with Gasteiger partial charge in [0, 0.05) is 16.7 Å². The summed E-state index contributed by atoms with van der Waals surface area (Å²) in [4.78, 5) is 26.0. The summed E-state index contributed by atoms with van der Waals surface area (Å²) in [6, 6.07) is 14.9. The van der Waals surface area contributed by atoms with Crippen molar-refractivity contribution in [2.24, 2.45) is 0 Å². The zero-order valence-corrected chi connectivity index (χ0v) is 18.1. The lowest BCUT2D eigenvalue weighted by Crippen LogP contribution is -2.27. The molecule has 5 nitrogen and oxygen atoms in total. The van der Waals surface area contributed by atoms with Gasteiger partial charge in [0.05, 0.1) is 21.2 Å². The van der Waals surface area contributed by atoms with Crippen LogP contribution in [0.5, 0.6) is 0 Å². The molecular formula is C21H11Cl2NO4S2. The summed E-state index contributed by atoms with van der Waals surface area (Å²) in [5.74, 6) is -0.516. The molecule has 3 aromatic rings. The molecule has 30 heavy (non-hydrogen) atoms. The Hall–Kier alpha value is -2.58. The number of benzene rings is 2. The molecule has 1 N–H and O–H groups in total. The molecule has 0 saturated carbocycles. The average molecular weight is 476 g/mol. The number of thiocarbonyl (C=S) groups is 1. The number of halogens is 2. The topological polar surface area (TPSA) is 70.8 Å². The minimum Gasteiger partial charge on any atom is -0.478 e.